The van der Waals surface area contributed by atoms with Crippen LogP contribution in [-0.4, -0.2) is 30.9 Å². The van der Waals surface area contributed by atoms with E-state index >= 15 is 0 Å². The first kappa shape index (κ1) is 13.5. The average molecular weight is 238 g/mol. The summed E-state index contributed by atoms with van der Waals surface area (Å²) in [7, 11) is 1.56. The van der Waals surface area contributed by atoms with E-state index in [1.165, 1.54) is 0 Å². The smallest absolute Gasteiger partial charge is 0.335 e. The molecule has 0 aliphatic heterocycles. The second-order valence-electron chi connectivity index (χ2n) is 3.73. The molecular formula is C13H18O4. The van der Waals surface area contributed by atoms with E-state index in [4.69, 9.17) is 9.47 Å². The zero-order valence-electron chi connectivity index (χ0n) is 10.3. The lowest BCUT2D eigenvalue weighted by Gasteiger charge is -2.19. The first-order chi connectivity index (χ1) is 8.11. The number of esters is 1. The number of methoxy groups -OCH3 is 1. The van der Waals surface area contributed by atoms with Crippen LogP contribution >= 0.6 is 0 Å². The molecule has 2 unspecified atom stereocenters. The summed E-state index contributed by atoms with van der Waals surface area (Å²) in [5.74, 6) is -0.320. The molecule has 1 aromatic rings. The van der Waals surface area contributed by atoms with Gasteiger partial charge in [0.25, 0.3) is 0 Å². The number of carbonyl (C=O) groups is 1. The van der Waals surface area contributed by atoms with E-state index in [1.54, 1.807) is 27.0 Å². The Labute approximate surface area is 101 Å². The Balaban J connectivity index is 2.88. The normalized spacial score (nSPS) is 13.9. The van der Waals surface area contributed by atoms with Crippen molar-refractivity contribution in [2.45, 2.75) is 25.9 Å². The lowest BCUT2D eigenvalue weighted by Crippen LogP contribution is -2.28. The van der Waals surface area contributed by atoms with Gasteiger partial charge < -0.3 is 14.6 Å². The van der Waals surface area contributed by atoms with E-state index in [9.17, 15) is 9.90 Å². The number of aliphatic hydroxyl groups is 1. The molecule has 1 aromatic carbocycles. The highest BCUT2D eigenvalue weighted by molar-refractivity contribution is 5.75. The summed E-state index contributed by atoms with van der Waals surface area (Å²) >= 11 is 0. The highest BCUT2D eigenvalue weighted by Gasteiger charge is 2.26. The van der Waals surface area contributed by atoms with E-state index in [0.717, 1.165) is 5.56 Å². The number of para-hydroxylation sites is 1. The van der Waals surface area contributed by atoms with E-state index < -0.39 is 12.1 Å². The predicted octanol–water partition coefficient (Wildman–Crippen LogP) is 1.72. The number of aliphatic hydroxyl groups excluding tert-OH is 1. The summed E-state index contributed by atoms with van der Waals surface area (Å²) in [5, 5.41) is 9.86. The van der Waals surface area contributed by atoms with Crippen molar-refractivity contribution >= 4 is 5.97 Å². The first-order valence-electron chi connectivity index (χ1n) is 5.59. The number of carbonyl (C=O) groups excluding carboxylic acids is 1. The second-order valence-corrected chi connectivity index (χ2v) is 3.73. The van der Waals surface area contributed by atoms with Crippen LogP contribution in [0, 0.1) is 0 Å². The molecule has 0 saturated carbocycles. The molecular weight excluding hydrogens is 220 g/mol. The molecule has 0 aliphatic rings. The summed E-state index contributed by atoms with van der Waals surface area (Å²) in [6.07, 6.45) is -1.17. The predicted molar refractivity (Wildman–Crippen MR) is 64.0 cm³/mol. The fourth-order valence-electron chi connectivity index (χ4n) is 1.64. The molecule has 4 heteroatoms. The van der Waals surface area contributed by atoms with Crippen molar-refractivity contribution in [3.8, 4) is 5.75 Å². The number of ether oxygens (including phenoxy) is 2. The van der Waals surface area contributed by atoms with Gasteiger partial charge in [-0.25, -0.2) is 4.79 Å². The maximum Gasteiger partial charge on any atom is 0.335 e. The lowest BCUT2D eigenvalue weighted by molar-refractivity contribution is -0.154. The van der Waals surface area contributed by atoms with Gasteiger partial charge in [0.1, 0.15) is 5.75 Å². The summed E-state index contributed by atoms with van der Waals surface area (Å²) in [6.45, 7) is 3.73. The Morgan fingerprint density at radius 2 is 2.06 bits per heavy atom. The van der Waals surface area contributed by atoms with Crippen LogP contribution in [0.25, 0.3) is 0 Å². The fraction of sp³-hybridized carbons (Fsp3) is 0.462. The van der Waals surface area contributed by atoms with Crippen LogP contribution in [0.15, 0.2) is 24.3 Å². The number of rotatable bonds is 5. The maximum absolute atomic E-state index is 11.4. The largest absolute Gasteiger partial charge is 0.496 e. The molecule has 0 spiro atoms. The molecule has 0 aromatic heterocycles. The Morgan fingerprint density at radius 1 is 1.41 bits per heavy atom. The molecule has 0 aliphatic carbocycles. The Hall–Kier alpha value is -1.55. The molecule has 0 amide bonds. The summed E-state index contributed by atoms with van der Waals surface area (Å²) in [5.41, 5.74) is 0.788. The zero-order chi connectivity index (χ0) is 12.8. The molecule has 17 heavy (non-hydrogen) atoms. The second kappa shape index (κ2) is 6.25. The van der Waals surface area contributed by atoms with Gasteiger partial charge in [-0.1, -0.05) is 25.1 Å². The van der Waals surface area contributed by atoms with Gasteiger partial charge in [-0.15, -0.1) is 0 Å². The van der Waals surface area contributed by atoms with E-state index in [-0.39, 0.29) is 12.5 Å². The Kier molecular flexibility index (Phi) is 4.97. The molecule has 4 nitrogen and oxygen atoms in total. The van der Waals surface area contributed by atoms with Crippen LogP contribution in [-0.2, 0) is 9.53 Å². The van der Waals surface area contributed by atoms with Gasteiger partial charge >= 0.3 is 5.97 Å². The van der Waals surface area contributed by atoms with Crippen LogP contribution in [0.1, 0.15) is 25.3 Å². The van der Waals surface area contributed by atoms with Gasteiger partial charge in [0.2, 0.25) is 0 Å². The molecule has 1 N–H and O–H groups in total. The van der Waals surface area contributed by atoms with Crippen LogP contribution < -0.4 is 4.74 Å². The standard InChI is InChI=1S/C13H18O4/c1-4-17-13(15)12(14)9(2)10-7-5-6-8-11(10)16-3/h5-9,12,14H,4H2,1-3H3. The SMILES string of the molecule is CCOC(=O)C(O)C(C)c1ccccc1OC. The molecule has 94 valence electrons. The van der Waals surface area contributed by atoms with Gasteiger partial charge in [0.15, 0.2) is 6.10 Å². The van der Waals surface area contributed by atoms with Crippen molar-refractivity contribution in [3.63, 3.8) is 0 Å². The Bertz CT molecular complexity index is 375. The third-order valence-electron chi connectivity index (χ3n) is 2.63. The van der Waals surface area contributed by atoms with Gasteiger partial charge in [0.05, 0.1) is 13.7 Å². The monoisotopic (exact) mass is 238 g/mol. The van der Waals surface area contributed by atoms with Crippen molar-refractivity contribution in [2.75, 3.05) is 13.7 Å². The minimum absolute atomic E-state index is 0.258. The molecule has 0 radical (unpaired) electrons. The van der Waals surface area contributed by atoms with Crippen LogP contribution in [0.5, 0.6) is 5.75 Å². The van der Waals surface area contributed by atoms with Crippen LogP contribution in [0.2, 0.25) is 0 Å². The topological polar surface area (TPSA) is 55.8 Å². The minimum Gasteiger partial charge on any atom is -0.496 e. The van der Waals surface area contributed by atoms with Crippen molar-refractivity contribution in [1.82, 2.24) is 0 Å². The Morgan fingerprint density at radius 3 is 2.65 bits per heavy atom. The van der Waals surface area contributed by atoms with Gasteiger partial charge in [-0.05, 0) is 13.0 Å². The molecule has 2 atom stereocenters. The fourth-order valence-corrected chi connectivity index (χ4v) is 1.64. The van der Waals surface area contributed by atoms with E-state index in [2.05, 4.69) is 0 Å². The number of benzene rings is 1. The van der Waals surface area contributed by atoms with Crippen molar-refractivity contribution in [2.24, 2.45) is 0 Å². The highest BCUT2D eigenvalue weighted by atomic mass is 16.5. The summed E-state index contributed by atoms with van der Waals surface area (Å²) in [6, 6.07) is 7.30. The minimum atomic E-state index is -1.17. The average Bonchev–Trinajstić information content (AvgIpc) is 2.37. The molecule has 0 saturated heterocycles. The number of hydrogen-bond acceptors (Lipinski definition) is 4. The number of hydrogen-bond donors (Lipinski definition) is 1. The molecule has 1 rings (SSSR count). The third-order valence-corrected chi connectivity index (χ3v) is 2.63. The third kappa shape index (κ3) is 3.20. The van der Waals surface area contributed by atoms with Crippen molar-refractivity contribution in [3.05, 3.63) is 29.8 Å². The van der Waals surface area contributed by atoms with Crippen LogP contribution in [0.3, 0.4) is 0 Å². The van der Waals surface area contributed by atoms with Crippen molar-refractivity contribution in [1.29, 1.82) is 0 Å². The van der Waals surface area contributed by atoms with E-state index in [1.807, 2.05) is 18.2 Å². The van der Waals surface area contributed by atoms with Crippen molar-refractivity contribution < 1.29 is 19.4 Å². The zero-order valence-corrected chi connectivity index (χ0v) is 10.3. The van der Waals surface area contributed by atoms with Crippen LogP contribution in [0.4, 0.5) is 0 Å². The van der Waals surface area contributed by atoms with Gasteiger partial charge in [0, 0.05) is 11.5 Å². The molecule has 0 fully saturated rings. The lowest BCUT2D eigenvalue weighted by atomic mass is 9.94. The summed E-state index contributed by atoms with van der Waals surface area (Å²) in [4.78, 5) is 11.4. The quantitative estimate of drug-likeness (QED) is 0.794. The van der Waals surface area contributed by atoms with Gasteiger partial charge in [-0.3, -0.25) is 0 Å². The molecule has 0 heterocycles. The summed E-state index contributed by atoms with van der Waals surface area (Å²) < 4.78 is 9.98. The van der Waals surface area contributed by atoms with Gasteiger partial charge in [-0.2, -0.15) is 0 Å². The maximum atomic E-state index is 11.4. The first-order valence-corrected chi connectivity index (χ1v) is 5.59. The molecule has 0 bridgehead atoms. The highest BCUT2D eigenvalue weighted by Crippen LogP contribution is 2.28. The van der Waals surface area contributed by atoms with E-state index in [0.29, 0.717) is 5.75 Å².